The van der Waals surface area contributed by atoms with Crippen LogP contribution in [0.2, 0.25) is 5.02 Å². The lowest BCUT2D eigenvalue weighted by atomic mass is 9.73. The van der Waals surface area contributed by atoms with Gasteiger partial charge in [-0.05, 0) is 49.6 Å². The number of rotatable bonds is 8. The lowest BCUT2D eigenvalue weighted by Crippen LogP contribution is -2.58. The van der Waals surface area contributed by atoms with Crippen molar-refractivity contribution in [1.82, 2.24) is 14.9 Å². The Balaban J connectivity index is 1.25. The zero-order chi connectivity index (χ0) is 23.5. The predicted octanol–water partition coefficient (Wildman–Crippen LogP) is 5.09. The predicted molar refractivity (Wildman–Crippen MR) is 133 cm³/mol. The Hall–Kier alpha value is -2.68. The number of hydrogen-bond acceptors (Lipinski definition) is 7. The highest BCUT2D eigenvalue weighted by molar-refractivity contribution is 6.30. The third-order valence-corrected chi connectivity index (χ3v) is 6.97. The Labute approximate surface area is 203 Å². The molecule has 7 nitrogen and oxygen atoms in total. The van der Waals surface area contributed by atoms with Crippen LogP contribution in [-0.4, -0.2) is 61.4 Å². The van der Waals surface area contributed by atoms with Crippen LogP contribution in [0.1, 0.15) is 19.3 Å². The third-order valence-electron chi connectivity index (χ3n) is 6.74. The maximum atomic E-state index is 14.3. The molecule has 0 bridgehead atoms. The number of anilines is 3. The van der Waals surface area contributed by atoms with Crippen molar-refractivity contribution in [3.63, 3.8) is 0 Å². The van der Waals surface area contributed by atoms with E-state index in [1.807, 2.05) is 19.2 Å². The van der Waals surface area contributed by atoms with Crippen LogP contribution >= 0.6 is 11.6 Å². The number of hydrogen-bond donors (Lipinski definition) is 2. The van der Waals surface area contributed by atoms with E-state index in [0.717, 1.165) is 42.8 Å². The van der Waals surface area contributed by atoms with Gasteiger partial charge in [0, 0.05) is 55.7 Å². The van der Waals surface area contributed by atoms with Crippen LogP contribution in [0.4, 0.5) is 21.6 Å². The highest BCUT2D eigenvalue weighted by Crippen LogP contribution is 2.39. The summed E-state index contributed by atoms with van der Waals surface area (Å²) < 4.78 is 25.9. The minimum Gasteiger partial charge on any atom is -0.491 e. The van der Waals surface area contributed by atoms with Gasteiger partial charge in [-0.1, -0.05) is 11.6 Å². The van der Waals surface area contributed by atoms with E-state index in [-0.39, 0.29) is 5.69 Å². The van der Waals surface area contributed by atoms with E-state index in [0.29, 0.717) is 28.6 Å². The summed E-state index contributed by atoms with van der Waals surface area (Å²) in [6, 6.07) is 8.17. The summed E-state index contributed by atoms with van der Waals surface area (Å²) in [5.74, 6) is 0.790. The van der Waals surface area contributed by atoms with Crippen LogP contribution in [0, 0.1) is 11.2 Å². The second-order valence-electron chi connectivity index (χ2n) is 9.11. The molecule has 0 atom stereocenters. The number of fused-ring (bicyclic) bond motifs is 1. The van der Waals surface area contributed by atoms with Gasteiger partial charge in [0.2, 0.25) is 0 Å². The van der Waals surface area contributed by atoms with Crippen LogP contribution in [0.5, 0.6) is 5.75 Å². The van der Waals surface area contributed by atoms with Gasteiger partial charge in [-0.25, -0.2) is 14.4 Å². The fourth-order valence-corrected chi connectivity index (χ4v) is 5.04. The number of aromatic nitrogens is 2. The topological polar surface area (TPSA) is 71.5 Å². The highest BCUT2D eigenvalue weighted by atomic mass is 35.5. The summed E-state index contributed by atoms with van der Waals surface area (Å²) in [5.41, 5.74) is 2.31. The first-order chi connectivity index (χ1) is 16.5. The maximum absolute atomic E-state index is 14.3. The number of benzene rings is 2. The van der Waals surface area contributed by atoms with Crippen LogP contribution < -0.4 is 15.4 Å². The molecular weight excluding hydrogens is 457 g/mol. The molecule has 9 heteroatoms. The SMILES string of the molecule is CNc1cc2ncnc(Nc3cc(Cl)ccc3F)c2cc1OCCCN1CC2(CCOCC2)C1. The summed E-state index contributed by atoms with van der Waals surface area (Å²) in [4.78, 5) is 11.2. The van der Waals surface area contributed by atoms with Crippen molar-refractivity contribution in [2.24, 2.45) is 5.41 Å². The van der Waals surface area contributed by atoms with Crippen LogP contribution in [0.25, 0.3) is 10.9 Å². The van der Waals surface area contributed by atoms with Crippen LogP contribution in [0.15, 0.2) is 36.7 Å². The number of likely N-dealkylation sites (tertiary alicyclic amines) is 1. The second-order valence-corrected chi connectivity index (χ2v) is 9.55. The molecule has 0 saturated carbocycles. The molecule has 2 fully saturated rings. The summed E-state index contributed by atoms with van der Waals surface area (Å²) >= 11 is 6.04. The first-order valence-corrected chi connectivity index (χ1v) is 12.0. The van der Waals surface area contributed by atoms with Gasteiger partial charge in [0.15, 0.2) is 0 Å². The molecule has 5 rings (SSSR count). The van der Waals surface area contributed by atoms with Crippen molar-refractivity contribution in [3.05, 3.63) is 47.5 Å². The van der Waals surface area contributed by atoms with Crippen molar-refractivity contribution in [2.75, 3.05) is 57.1 Å². The molecule has 1 aromatic heterocycles. The smallest absolute Gasteiger partial charge is 0.146 e. The van der Waals surface area contributed by atoms with Gasteiger partial charge in [0.05, 0.1) is 23.5 Å². The fraction of sp³-hybridized carbons (Fsp3) is 0.440. The second kappa shape index (κ2) is 9.90. The molecule has 34 heavy (non-hydrogen) atoms. The molecule has 2 N–H and O–H groups in total. The minimum absolute atomic E-state index is 0.254. The Morgan fingerprint density at radius 3 is 2.76 bits per heavy atom. The molecule has 2 aromatic carbocycles. The first kappa shape index (κ1) is 23.1. The number of nitrogens with one attached hydrogen (secondary N) is 2. The van der Waals surface area contributed by atoms with E-state index >= 15 is 0 Å². The molecule has 0 radical (unpaired) electrons. The summed E-state index contributed by atoms with van der Waals surface area (Å²) in [5, 5.41) is 7.40. The van der Waals surface area contributed by atoms with Crippen molar-refractivity contribution in [1.29, 1.82) is 0 Å². The molecule has 2 aliphatic rings. The molecule has 1 spiro atoms. The minimum atomic E-state index is -0.409. The molecule has 2 aliphatic heterocycles. The van der Waals surface area contributed by atoms with Crippen molar-refractivity contribution in [3.8, 4) is 5.75 Å². The first-order valence-electron chi connectivity index (χ1n) is 11.7. The van der Waals surface area contributed by atoms with E-state index in [9.17, 15) is 4.39 Å². The molecule has 3 heterocycles. The van der Waals surface area contributed by atoms with E-state index in [2.05, 4.69) is 25.5 Å². The van der Waals surface area contributed by atoms with Crippen LogP contribution in [0.3, 0.4) is 0 Å². The molecule has 0 amide bonds. The molecular formula is C25H29ClFN5O2. The normalized spacial score (nSPS) is 17.5. The Morgan fingerprint density at radius 1 is 1.15 bits per heavy atom. The van der Waals surface area contributed by atoms with E-state index in [1.54, 1.807) is 0 Å². The van der Waals surface area contributed by atoms with E-state index in [1.165, 1.54) is 50.5 Å². The Bertz CT molecular complexity index is 1160. The zero-order valence-corrected chi connectivity index (χ0v) is 20.0. The van der Waals surface area contributed by atoms with Gasteiger partial charge in [-0.2, -0.15) is 0 Å². The van der Waals surface area contributed by atoms with E-state index < -0.39 is 5.82 Å². The van der Waals surface area contributed by atoms with Crippen molar-refractivity contribution < 1.29 is 13.9 Å². The summed E-state index contributed by atoms with van der Waals surface area (Å²) in [6.45, 7) is 5.76. The molecule has 0 aliphatic carbocycles. The lowest BCUT2D eigenvalue weighted by Gasteiger charge is -2.52. The standard InChI is InChI=1S/C25H29ClFN5O2/c1-28-22-13-20-18(24(30-16-29-20)31-21-11-17(26)3-4-19(21)27)12-23(22)34-8-2-7-32-14-25(15-32)5-9-33-10-6-25/h3-4,11-13,16,28H,2,5-10,14-15H2,1H3,(H,29,30,31). The summed E-state index contributed by atoms with van der Waals surface area (Å²) in [6.07, 6.45) is 4.75. The average Bonchev–Trinajstić information content (AvgIpc) is 2.83. The van der Waals surface area contributed by atoms with Crippen molar-refractivity contribution >= 4 is 39.7 Å². The third kappa shape index (κ3) is 4.89. The van der Waals surface area contributed by atoms with Gasteiger partial charge in [0.1, 0.15) is 23.7 Å². The van der Waals surface area contributed by atoms with Gasteiger partial charge < -0.3 is 25.0 Å². The monoisotopic (exact) mass is 485 g/mol. The molecule has 2 saturated heterocycles. The molecule has 3 aromatic rings. The van der Waals surface area contributed by atoms with Crippen molar-refractivity contribution in [2.45, 2.75) is 19.3 Å². The van der Waals surface area contributed by atoms with Gasteiger partial charge in [0.25, 0.3) is 0 Å². The largest absolute Gasteiger partial charge is 0.491 e. The fourth-order valence-electron chi connectivity index (χ4n) is 4.87. The molecule has 180 valence electrons. The zero-order valence-electron chi connectivity index (χ0n) is 19.2. The number of halogens is 2. The number of ether oxygens (including phenoxy) is 2. The summed E-state index contributed by atoms with van der Waals surface area (Å²) in [7, 11) is 1.85. The van der Waals surface area contributed by atoms with Gasteiger partial charge in [-0.15, -0.1) is 0 Å². The Kier molecular flexibility index (Phi) is 6.72. The Morgan fingerprint density at radius 2 is 1.97 bits per heavy atom. The van der Waals surface area contributed by atoms with Gasteiger partial charge in [-0.3, -0.25) is 0 Å². The van der Waals surface area contributed by atoms with Crippen LogP contribution in [-0.2, 0) is 4.74 Å². The maximum Gasteiger partial charge on any atom is 0.146 e. The van der Waals surface area contributed by atoms with E-state index in [4.69, 9.17) is 21.1 Å². The molecule has 0 unspecified atom stereocenters. The quantitative estimate of drug-likeness (QED) is 0.430. The van der Waals surface area contributed by atoms with Gasteiger partial charge >= 0.3 is 0 Å². The average molecular weight is 486 g/mol. The highest BCUT2D eigenvalue weighted by Gasteiger charge is 2.43. The lowest BCUT2D eigenvalue weighted by molar-refractivity contribution is -0.0811. The number of nitrogens with zero attached hydrogens (tertiary/aromatic N) is 3.